The first-order valence-electron chi connectivity index (χ1n) is 8.40. The number of hydrogen-bond acceptors (Lipinski definition) is 4. The number of likely N-dealkylation sites (tertiary alicyclic amines) is 2. The van der Waals surface area contributed by atoms with Gasteiger partial charge in [-0.25, -0.2) is 0 Å². The average molecular weight is 306 g/mol. The second-order valence-corrected chi connectivity index (χ2v) is 7.12. The Bertz CT molecular complexity index is 449. The van der Waals surface area contributed by atoms with Crippen molar-refractivity contribution < 1.29 is 14.3 Å². The van der Waals surface area contributed by atoms with Crippen LogP contribution in [0.5, 0.6) is 0 Å². The SMILES string of the molecule is CC(C)CO[C@@H]1CCN(CN2C(=O)[C@H]3CC=CC[C@H]3C2=O)C1. The van der Waals surface area contributed by atoms with Gasteiger partial charge in [-0.05, 0) is 25.2 Å². The summed E-state index contributed by atoms with van der Waals surface area (Å²) < 4.78 is 5.87. The molecule has 0 N–H and O–H groups in total. The van der Waals surface area contributed by atoms with E-state index in [4.69, 9.17) is 4.74 Å². The minimum absolute atomic E-state index is 0.0194. The molecule has 5 heteroatoms. The minimum atomic E-state index is -0.118. The highest BCUT2D eigenvalue weighted by Crippen LogP contribution is 2.35. The Morgan fingerprint density at radius 1 is 1.18 bits per heavy atom. The zero-order valence-electron chi connectivity index (χ0n) is 13.5. The first-order chi connectivity index (χ1) is 10.6. The molecule has 2 saturated heterocycles. The largest absolute Gasteiger partial charge is 0.377 e. The molecular formula is C17H26N2O3. The summed E-state index contributed by atoms with van der Waals surface area (Å²) in [4.78, 5) is 28.5. The van der Waals surface area contributed by atoms with Crippen molar-refractivity contribution in [3.05, 3.63) is 12.2 Å². The highest BCUT2D eigenvalue weighted by molar-refractivity contribution is 6.05. The predicted octanol–water partition coefficient (Wildman–Crippen LogP) is 1.64. The number of rotatable bonds is 5. The molecular weight excluding hydrogens is 280 g/mol. The van der Waals surface area contributed by atoms with Gasteiger partial charge in [-0.2, -0.15) is 0 Å². The van der Waals surface area contributed by atoms with E-state index >= 15 is 0 Å². The predicted molar refractivity (Wildman–Crippen MR) is 82.8 cm³/mol. The number of imide groups is 1. The lowest BCUT2D eigenvalue weighted by atomic mass is 9.85. The molecule has 0 bridgehead atoms. The van der Waals surface area contributed by atoms with Gasteiger partial charge in [0.15, 0.2) is 0 Å². The van der Waals surface area contributed by atoms with Gasteiger partial charge in [-0.15, -0.1) is 0 Å². The first kappa shape index (κ1) is 15.7. The van der Waals surface area contributed by atoms with Crippen LogP contribution in [-0.4, -0.2) is 54.1 Å². The van der Waals surface area contributed by atoms with E-state index in [0.717, 1.165) is 26.1 Å². The molecule has 2 heterocycles. The number of carbonyl (C=O) groups excluding carboxylic acids is 2. The van der Waals surface area contributed by atoms with Gasteiger partial charge in [0.25, 0.3) is 0 Å². The van der Waals surface area contributed by atoms with Gasteiger partial charge < -0.3 is 4.74 Å². The lowest BCUT2D eigenvalue weighted by molar-refractivity contribution is -0.142. The molecule has 0 spiro atoms. The van der Waals surface area contributed by atoms with E-state index < -0.39 is 0 Å². The Morgan fingerprint density at radius 2 is 1.82 bits per heavy atom. The zero-order chi connectivity index (χ0) is 15.7. The Morgan fingerprint density at radius 3 is 2.41 bits per heavy atom. The van der Waals surface area contributed by atoms with Gasteiger partial charge in [-0.1, -0.05) is 26.0 Å². The molecule has 1 aliphatic carbocycles. The molecule has 2 fully saturated rings. The number of hydrogen-bond donors (Lipinski definition) is 0. The topological polar surface area (TPSA) is 49.9 Å². The van der Waals surface area contributed by atoms with E-state index in [2.05, 4.69) is 18.7 Å². The first-order valence-corrected chi connectivity index (χ1v) is 8.40. The van der Waals surface area contributed by atoms with E-state index in [-0.39, 0.29) is 29.8 Å². The third-order valence-corrected chi connectivity index (χ3v) is 4.83. The molecule has 2 aliphatic heterocycles. The average Bonchev–Trinajstić information content (AvgIpc) is 3.05. The maximum Gasteiger partial charge on any atom is 0.234 e. The zero-order valence-corrected chi connectivity index (χ0v) is 13.5. The summed E-state index contributed by atoms with van der Waals surface area (Å²) in [5.41, 5.74) is 0. The van der Waals surface area contributed by atoms with Crippen molar-refractivity contribution in [2.24, 2.45) is 17.8 Å². The van der Waals surface area contributed by atoms with Crippen molar-refractivity contribution in [1.82, 2.24) is 9.80 Å². The second kappa shape index (κ2) is 6.50. The fraction of sp³-hybridized carbons (Fsp3) is 0.765. The lowest BCUT2D eigenvalue weighted by Crippen LogP contribution is -2.41. The summed E-state index contributed by atoms with van der Waals surface area (Å²) in [5, 5.41) is 0. The van der Waals surface area contributed by atoms with Crippen LogP contribution in [0.1, 0.15) is 33.1 Å². The number of fused-ring (bicyclic) bond motifs is 1. The van der Waals surface area contributed by atoms with Gasteiger partial charge in [0.05, 0.1) is 24.6 Å². The molecule has 22 heavy (non-hydrogen) atoms. The highest BCUT2D eigenvalue weighted by Gasteiger charge is 2.47. The summed E-state index contributed by atoms with van der Waals surface area (Å²) in [5.74, 6) is 0.337. The van der Waals surface area contributed by atoms with Crippen LogP contribution in [-0.2, 0) is 14.3 Å². The second-order valence-electron chi connectivity index (χ2n) is 7.12. The van der Waals surface area contributed by atoms with Gasteiger partial charge in [0.2, 0.25) is 11.8 Å². The van der Waals surface area contributed by atoms with Gasteiger partial charge in [0.1, 0.15) is 0 Å². The quantitative estimate of drug-likeness (QED) is 0.572. The molecule has 0 radical (unpaired) electrons. The maximum atomic E-state index is 12.4. The van der Waals surface area contributed by atoms with Crippen LogP contribution < -0.4 is 0 Å². The Hall–Kier alpha value is -1.20. The normalized spacial score (nSPS) is 32.3. The molecule has 5 nitrogen and oxygen atoms in total. The molecule has 0 aromatic heterocycles. The summed E-state index contributed by atoms with van der Waals surface area (Å²) >= 11 is 0. The summed E-state index contributed by atoms with van der Waals surface area (Å²) in [6.07, 6.45) is 6.71. The fourth-order valence-electron chi connectivity index (χ4n) is 3.60. The van der Waals surface area contributed by atoms with E-state index in [1.807, 2.05) is 12.2 Å². The molecule has 0 saturated carbocycles. The van der Waals surface area contributed by atoms with Crippen LogP contribution in [0.15, 0.2) is 12.2 Å². The van der Waals surface area contributed by atoms with Crippen molar-refractivity contribution in [2.75, 3.05) is 26.4 Å². The van der Waals surface area contributed by atoms with E-state index in [1.165, 1.54) is 4.90 Å². The van der Waals surface area contributed by atoms with Crippen molar-refractivity contribution in [2.45, 2.75) is 39.2 Å². The molecule has 3 atom stereocenters. The van der Waals surface area contributed by atoms with Gasteiger partial charge in [-0.3, -0.25) is 19.4 Å². The van der Waals surface area contributed by atoms with Crippen LogP contribution in [0, 0.1) is 17.8 Å². The Labute approximate surface area is 132 Å². The van der Waals surface area contributed by atoms with E-state index in [0.29, 0.717) is 25.4 Å². The fourth-order valence-corrected chi connectivity index (χ4v) is 3.60. The minimum Gasteiger partial charge on any atom is -0.377 e. The van der Waals surface area contributed by atoms with Gasteiger partial charge in [0, 0.05) is 19.7 Å². The third-order valence-electron chi connectivity index (χ3n) is 4.83. The van der Waals surface area contributed by atoms with E-state index in [9.17, 15) is 9.59 Å². The van der Waals surface area contributed by atoms with Crippen LogP contribution >= 0.6 is 0 Å². The number of allylic oxidation sites excluding steroid dienone is 2. The standard InChI is InChI=1S/C17H26N2O3/c1-12(2)10-22-13-7-8-18(9-13)11-19-16(20)14-5-3-4-6-15(14)17(19)21/h3-4,12-15H,5-11H2,1-2H3/t13-,14-,15+/m1/s1. The van der Waals surface area contributed by atoms with Crippen molar-refractivity contribution in [3.8, 4) is 0 Å². The number of carbonyl (C=O) groups is 2. The summed E-state index contributed by atoms with van der Waals surface area (Å²) in [7, 11) is 0. The van der Waals surface area contributed by atoms with E-state index in [1.54, 1.807) is 0 Å². The molecule has 3 aliphatic rings. The van der Waals surface area contributed by atoms with Crippen LogP contribution in [0.2, 0.25) is 0 Å². The van der Waals surface area contributed by atoms with Crippen molar-refractivity contribution in [3.63, 3.8) is 0 Å². The molecule has 2 amide bonds. The Balaban J connectivity index is 1.54. The van der Waals surface area contributed by atoms with Crippen LogP contribution in [0.4, 0.5) is 0 Å². The van der Waals surface area contributed by atoms with Crippen molar-refractivity contribution >= 4 is 11.8 Å². The van der Waals surface area contributed by atoms with Crippen molar-refractivity contribution in [1.29, 1.82) is 0 Å². The monoisotopic (exact) mass is 306 g/mol. The molecule has 0 aromatic rings. The summed E-state index contributed by atoms with van der Waals surface area (Å²) in [6, 6.07) is 0. The highest BCUT2D eigenvalue weighted by atomic mass is 16.5. The molecule has 0 unspecified atom stereocenters. The molecule has 122 valence electrons. The van der Waals surface area contributed by atoms with Gasteiger partial charge >= 0.3 is 0 Å². The maximum absolute atomic E-state index is 12.4. The number of amides is 2. The Kier molecular flexibility index (Phi) is 4.64. The van der Waals surface area contributed by atoms with Crippen LogP contribution in [0.3, 0.4) is 0 Å². The van der Waals surface area contributed by atoms with Crippen LogP contribution in [0.25, 0.3) is 0 Å². The molecule has 0 aromatic carbocycles. The number of nitrogens with zero attached hydrogens (tertiary/aromatic N) is 2. The summed E-state index contributed by atoms with van der Waals surface area (Å²) in [6.45, 7) is 7.21. The third kappa shape index (κ3) is 3.10. The lowest BCUT2D eigenvalue weighted by Gasteiger charge is -2.23. The smallest absolute Gasteiger partial charge is 0.234 e. The molecule has 3 rings (SSSR count). The number of ether oxygens (including phenoxy) is 1.